The number of thiocarbonyl (C=S) groups is 1. The number of nitrogens with one attached hydrogen (secondary N) is 2. The molecule has 2 N–H and O–H groups in total. The Morgan fingerprint density at radius 2 is 1.71 bits per heavy atom. The Hall–Kier alpha value is -2.99. The zero-order valence-electron chi connectivity index (χ0n) is 12.9. The summed E-state index contributed by atoms with van der Waals surface area (Å²) in [5.74, 6) is 0. The number of nitrogens with zero attached hydrogens (tertiary/aromatic N) is 1. The third-order valence-corrected chi connectivity index (χ3v) is 3.92. The average Bonchev–Trinajstić information content (AvgIpc) is 2.57. The van der Waals surface area contributed by atoms with Gasteiger partial charge in [0.15, 0.2) is 5.11 Å². The van der Waals surface area contributed by atoms with Crippen molar-refractivity contribution in [1.29, 1.82) is 0 Å². The summed E-state index contributed by atoms with van der Waals surface area (Å²) in [6, 6.07) is 18.6. The van der Waals surface area contributed by atoms with Crippen molar-refractivity contribution in [3.8, 4) is 0 Å². The Balaban J connectivity index is 1.83. The van der Waals surface area contributed by atoms with Crippen molar-refractivity contribution >= 4 is 45.2 Å². The van der Waals surface area contributed by atoms with E-state index in [2.05, 4.69) is 10.6 Å². The normalized spacial score (nSPS) is 10.4. The Bertz CT molecular complexity index is 935. The van der Waals surface area contributed by atoms with Crippen LogP contribution in [-0.4, -0.2) is 10.0 Å². The molecule has 0 saturated carbocycles. The van der Waals surface area contributed by atoms with E-state index in [-0.39, 0.29) is 5.69 Å². The monoisotopic (exact) mass is 337 g/mol. The lowest BCUT2D eigenvalue weighted by molar-refractivity contribution is -0.384. The summed E-state index contributed by atoms with van der Waals surface area (Å²) >= 11 is 5.36. The fourth-order valence-electron chi connectivity index (χ4n) is 2.47. The lowest BCUT2D eigenvalue weighted by Crippen LogP contribution is -2.19. The van der Waals surface area contributed by atoms with E-state index in [1.807, 2.05) is 49.4 Å². The van der Waals surface area contributed by atoms with Gasteiger partial charge in [0, 0.05) is 28.9 Å². The van der Waals surface area contributed by atoms with Gasteiger partial charge in [-0.1, -0.05) is 42.5 Å². The molecule has 0 aromatic heterocycles. The predicted octanol–water partition coefficient (Wildman–Crippen LogP) is 4.87. The number of hydrogen-bond acceptors (Lipinski definition) is 3. The number of aryl methyl sites for hydroxylation is 1. The van der Waals surface area contributed by atoms with Gasteiger partial charge >= 0.3 is 0 Å². The molecular weight excluding hydrogens is 322 g/mol. The topological polar surface area (TPSA) is 67.2 Å². The number of rotatable bonds is 3. The highest BCUT2D eigenvalue weighted by Crippen LogP contribution is 2.25. The summed E-state index contributed by atoms with van der Waals surface area (Å²) in [5, 5.41) is 19.7. The Kier molecular flexibility index (Phi) is 4.39. The first-order chi connectivity index (χ1) is 11.5. The third kappa shape index (κ3) is 3.33. The molecule has 0 heterocycles. The zero-order chi connectivity index (χ0) is 17.1. The number of anilines is 2. The van der Waals surface area contributed by atoms with Crippen LogP contribution in [0, 0.1) is 17.0 Å². The molecule has 6 heteroatoms. The lowest BCUT2D eigenvalue weighted by Gasteiger charge is -2.14. The first-order valence-electron chi connectivity index (χ1n) is 7.35. The van der Waals surface area contributed by atoms with Gasteiger partial charge in [-0.05, 0) is 36.2 Å². The van der Waals surface area contributed by atoms with Crippen LogP contribution in [0.3, 0.4) is 0 Å². The second-order valence-corrected chi connectivity index (χ2v) is 5.77. The third-order valence-electron chi connectivity index (χ3n) is 3.72. The van der Waals surface area contributed by atoms with E-state index in [0.29, 0.717) is 10.8 Å². The van der Waals surface area contributed by atoms with Gasteiger partial charge in [-0.15, -0.1) is 0 Å². The van der Waals surface area contributed by atoms with Gasteiger partial charge in [0.25, 0.3) is 5.69 Å². The summed E-state index contributed by atoms with van der Waals surface area (Å²) in [6.45, 7) is 1.87. The molecule has 0 aliphatic carbocycles. The minimum Gasteiger partial charge on any atom is -0.332 e. The first kappa shape index (κ1) is 15.9. The number of hydrogen-bond donors (Lipinski definition) is 2. The summed E-state index contributed by atoms with van der Waals surface area (Å²) in [4.78, 5) is 10.5. The standard InChI is InChI=1S/C18H15N3O2S/c1-12-9-10-14(21(22)23)11-17(12)20-18(24)19-16-8-4-6-13-5-2-3-7-15(13)16/h2-11H,1H3,(H2,19,20,24). The molecule has 24 heavy (non-hydrogen) atoms. The van der Waals surface area contributed by atoms with E-state index in [1.165, 1.54) is 12.1 Å². The van der Waals surface area contributed by atoms with Crippen LogP contribution in [0.2, 0.25) is 0 Å². The van der Waals surface area contributed by atoms with Crippen LogP contribution in [0.25, 0.3) is 10.8 Å². The van der Waals surface area contributed by atoms with E-state index < -0.39 is 4.92 Å². The van der Waals surface area contributed by atoms with Crippen LogP contribution in [0.4, 0.5) is 17.1 Å². The highest BCUT2D eigenvalue weighted by Gasteiger charge is 2.10. The van der Waals surface area contributed by atoms with Gasteiger partial charge in [0.1, 0.15) is 0 Å². The molecule has 0 aliphatic heterocycles. The smallest absolute Gasteiger partial charge is 0.271 e. The number of benzene rings is 3. The van der Waals surface area contributed by atoms with Crippen molar-refractivity contribution in [3.05, 3.63) is 76.3 Å². The van der Waals surface area contributed by atoms with Crippen molar-refractivity contribution in [2.24, 2.45) is 0 Å². The van der Waals surface area contributed by atoms with Gasteiger partial charge in [-0.25, -0.2) is 0 Å². The summed E-state index contributed by atoms with van der Waals surface area (Å²) in [6.07, 6.45) is 0. The highest BCUT2D eigenvalue weighted by molar-refractivity contribution is 7.80. The summed E-state index contributed by atoms with van der Waals surface area (Å²) < 4.78 is 0. The maximum absolute atomic E-state index is 10.9. The number of nitro benzene ring substituents is 1. The molecule has 0 amide bonds. The van der Waals surface area contributed by atoms with Gasteiger partial charge in [0.05, 0.1) is 4.92 Å². The van der Waals surface area contributed by atoms with Crippen LogP contribution in [0.1, 0.15) is 5.56 Å². The van der Waals surface area contributed by atoms with Crippen molar-refractivity contribution < 1.29 is 4.92 Å². The molecule has 3 aromatic rings. The molecule has 0 bridgehead atoms. The quantitative estimate of drug-likeness (QED) is 0.406. The van der Waals surface area contributed by atoms with E-state index in [4.69, 9.17) is 12.2 Å². The van der Waals surface area contributed by atoms with Crippen molar-refractivity contribution in [2.45, 2.75) is 6.92 Å². The maximum Gasteiger partial charge on any atom is 0.271 e. The Labute approximate surface area is 144 Å². The Morgan fingerprint density at radius 3 is 2.50 bits per heavy atom. The number of fused-ring (bicyclic) bond motifs is 1. The minimum atomic E-state index is -0.425. The van der Waals surface area contributed by atoms with E-state index in [0.717, 1.165) is 22.0 Å². The fraction of sp³-hybridized carbons (Fsp3) is 0.0556. The van der Waals surface area contributed by atoms with Crippen molar-refractivity contribution in [1.82, 2.24) is 0 Å². The van der Waals surface area contributed by atoms with E-state index in [1.54, 1.807) is 6.07 Å². The minimum absolute atomic E-state index is 0.0241. The van der Waals surface area contributed by atoms with Gasteiger partial charge in [-0.2, -0.15) is 0 Å². The summed E-state index contributed by atoms with van der Waals surface area (Å²) in [7, 11) is 0. The van der Waals surface area contributed by atoms with Crippen LogP contribution in [0.5, 0.6) is 0 Å². The highest BCUT2D eigenvalue weighted by atomic mass is 32.1. The predicted molar refractivity (Wildman–Crippen MR) is 102 cm³/mol. The Morgan fingerprint density at radius 1 is 1.00 bits per heavy atom. The van der Waals surface area contributed by atoms with Crippen molar-refractivity contribution in [2.75, 3.05) is 10.6 Å². The molecule has 0 aliphatic rings. The second kappa shape index (κ2) is 6.64. The molecule has 3 aromatic carbocycles. The summed E-state index contributed by atoms with van der Waals surface area (Å²) in [5.41, 5.74) is 2.40. The van der Waals surface area contributed by atoms with E-state index in [9.17, 15) is 10.1 Å². The van der Waals surface area contributed by atoms with Crippen LogP contribution >= 0.6 is 12.2 Å². The molecule has 120 valence electrons. The van der Waals surface area contributed by atoms with Crippen molar-refractivity contribution in [3.63, 3.8) is 0 Å². The molecular formula is C18H15N3O2S. The van der Waals surface area contributed by atoms with Crippen LogP contribution in [-0.2, 0) is 0 Å². The van der Waals surface area contributed by atoms with E-state index >= 15 is 0 Å². The SMILES string of the molecule is Cc1ccc([N+](=O)[O-])cc1NC(=S)Nc1cccc2ccccc12. The second-order valence-electron chi connectivity index (χ2n) is 5.36. The lowest BCUT2D eigenvalue weighted by atomic mass is 10.1. The van der Waals surface area contributed by atoms with Crippen LogP contribution < -0.4 is 10.6 Å². The first-order valence-corrected chi connectivity index (χ1v) is 7.76. The maximum atomic E-state index is 10.9. The number of nitro groups is 1. The molecule has 0 unspecified atom stereocenters. The molecule has 0 atom stereocenters. The molecule has 0 spiro atoms. The number of non-ortho nitro benzene ring substituents is 1. The largest absolute Gasteiger partial charge is 0.332 e. The molecule has 0 fully saturated rings. The molecule has 3 rings (SSSR count). The molecule has 0 saturated heterocycles. The average molecular weight is 337 g/mol. The molecule has 0 radical (unpaired) electrons. The van der Waals surface area contributed by atoms with Gasteiger partial charge in [-0.3, -0.25) is 10.1 Å². The fourth-order valence-corrected chi connectivity index (χ4v) is 2.69. The van der Waals surface area contributed by atoms with Crippen LogP contribution in [0.15, 0.2) is 60.7 Å². The molecule has 5 nitrogen and oxygen atoms in total. The van der Waals surface area contributed by atoms with Gasteiger partial charge in [0.2, 0.25) is 0 Å². The van der Waals surface area contributed by atoms with Gasteiger partial charge < -0.3 is 10.6 Å². The zero-order valence-corrected chi connectivity index (χ0v) is 13.8.